The Morgan fingerprint density at radius 1 is 1.33 bits per heavy atom. The molecule has 0 radical (unpaired) electrons. The van der Waals surface area contributed by atoms with Crippen LogP contribution < -0.4 is 0 Å². The molecule has 7 heteroatoms. The van der Waals surface area contributed by atoms with Gasteiger partial charge in [-0.15, -0.1) is 5.10 Å². The smallest absolute Gasteiger partial charge is 0.284 e. The first-order chi connectivity index (χ1) is 11.6. The highest BCUT2D eigenvalue weighted by molar-refractivity contribution is 7.18. The van der Waals surface area contributed by atoms with Gasteiger partial charge in [0.25, 0.3) is 5.91 Å². The number of likely N-dealkylation sites (tertiary alicyclic amines) is 1. The molecule has 0 aliphatic carbocycles. The number of benzene rings is 1. The predicted octanol–water partition coefficient (Wildman–Crippen LogP) is 3.26. The van der Waals surface area contributed by atoms with E-state index < -0.39 is 0 Å². The van der Waals surface area contributed by atoms with Gasteiger partial charge in [0.2, 0.25) is 5.01 Å². The summed E-state index contributed by atoms with van der Waals surface area (Å²) in [6.07, 6.45) is 3.69. The van der Waals surface area contributed by atoms with Crippen LogP contribution in [0.15, 0.2) is 30.5 Å². The molecule has 0 saturated carbocycles. The van der Waals surface area contributed by atoms with E-state index in [9.17, 15) is 9.18 Å². The van der Waals surface area contributed by atoms with Crippen LogP contribution in [0.5, 0.6) is 0 Å². The molecular formula is C17H17FN4OS. The molecule has 1 atom stereocenters. The number of carbonyl (C=O) groups is 1. The fraction of sp³-hybridized carbons (Fsp3) is 0.353. The number of imidazole rings is 1. The zero-order valence-corrected chi connectivity index (χ0v) is 14.1. The predicted molar refractivity (Wildman–Crippen MR) is 89.9 cm³/mol. The Bertz CT molecular complexity index is 886. The summed E-state index contributed by atoms with van der Waals surface area (Å²) in [7, 11) is 0. The number of amides is 1. The molecule has 5 nitrogen and oxygen atoms in total. The number of piperidine rings is 1. The van der Waals surface area contributed by atoms with Gasteiger partial charge in [0, 0.05) is 19.0 Å². The molecule has 1 aliphatic heterocycles. The normalized spacial score (nSPS) is 18.2. The first-order valence-corrected chi connectivity index (χ1v) is 8.79. The van der Waals surface area contributed by atoms with Crippen molar-refractivity contribution in [3.63, 3.8) is 0 Å². The zero-order valence-electron chi connectivity index (χ0n) is 13.3. The molecule has 1 saturated heterocycles. The van der Waals surface area contributed by atoms with Gasteiger partial charge < -0.3 is 4.90 Å². The second-order valence-corrected chi connectivity index (χ2v) is 7.11. The Morgan fingerprint density at radius 2 is 2.12 bits per heavy atom. The summed E-state index contributed by atoms with van der Waals surface area (Å²) in [4.78, 5) is 19.7. The van der Waals surface area contributed by atoms with Gasteiger partial charge in [-0.05, 0) is 37.5 Å². The molecule has 1 aliphatic rings. The summed E-state index contributed by atoms with van der Waals surface area (Å²) in [6.45, 7) is 3.25. The first-order valence-electron chi connectivity index (χ1n) is 7.98. The third-order valence-electron chi connectivity index (χ3n) is 4.50. The highest BCUT2D eigenvalue weighted by atomic mass is 32.1. The van der Waals surface area contributed by atoms with Crippen LogP contribution in [0.1, 0.15) is 39.9 Å². The van der Waals surface area contributed by atoms with Crippen LogP contribution >= 0.6 is 11.3 Å². The van der Waals surface area contributed by atoms with Crippen molar-refractivity contribution in [1.82, 2.24) is 19.5 Å². The second kappa shape index (κ2) is 5.98. The van der Waals surface area contributed by atoms with E-state index in [1.807, 2.05) is 24.0 Å². The van der Waals surface area contributed by atoms with Gasteiger partial charge in [-0.1, -0.05) is 23.5 Å². The highest BCUT2D eigenvalue weighted by Gasteiger charge is 2.27. The van der Waals surface area contributed by atoms with Crippen LogP contribution in [0.2, 0.25) is 0 Å². The standard InChI is InChI=1S/C17H17FN4OS/c1-11-19-9-15-22(11)20-16(24-15)17(23)21-8-2-3-13(10-21)12-4-6-14(18)7-5-12/h4-7,9,13H,2-3,8,10H2,1H3. The summed E-state index contributed by atoms with van der Waals surface area (Å²) in [6, 6.07) is 6.60. The minimum absolute atomic E-state index is 0.0325. The lowest BCUT2D eigenvalue weighted by molar-refractivity contribution is 0.0705. The largest absolute Gasteiger partial charge is 0.336 e. The lowest BCUT2D eigenvalue weighted by Gasteiger charge is -2.32. The van der Waals surface area contributed by atoms with Crippen LogP contribution in [-0.4, -0.2) is 38.5 Å². The number of aromatic nitrogens is 3. The van der Waals surface area contributed by atoms with E-state index in [2.05, 4.69) is 10.1 Å². The molecule has 0 spiro atoms. The molecule has 1 aromatic carbocycles. The van der Waals surface area contributed by atoms with Gasteiger partial charge in [0.1, 0.15) is 16.5 Å². The molecule has 0 N–H and O–H groups in total. The molecule has 24 heavy (non-hydrogen) atoms. The van der Waals surface area contributed by atoms with Gasteiger partial charge in [0.05, 0.1) is 6.20 Å². The lowest BCUT2D eigenvalue weighted by Crippen LogP contribution is -2.39. The number of nitrogens with zero attached hydrogens (tertiary/aromatic N) is 4. The molecule has 4 rings (SSSR count). The maximum Gasteiger partial charge on any atom is 0.284 e. The minimum Gasteiger partial charge on any atom is -0.336 e. The van der Waals surface area contributed by atoms with Crippen LogP contribution in [0, 0.1) is 12.7 Å². The summed E-state index contributed by atoms with van der Waals surface area (Å²) in [5.41, 5.74) is 1.08. The van der Waals surface area contributed by atoms with Crippen LogP contribution in [-0.2, 0) is 0 Å². The zero-order chi connectivity index (χ0) is 16.7. The van der Waals surface area contributed by atoms with E-state index in [1.165, 1.54) is 23.5 Å². The molecule has 1 unspecified atom stereocenters. The average molecular weight is 344 g/mol. The molecule has 1 amide bonds. The monoisotopic (exact) mass is 344 g/mol. The molecule has 124 valence electrons. The summed E-state index contributed by atoms with van der Waals surface area (Å²) in [5.74, 6) is 0.765. The number of fused-ring (bicyclic) bond motifs is 1. The quantitative estimate of drug-likeness (QED) is 0.717. The minimum atomic E-state index is -0.231. The summed E-state index contributed by atoms with van der Waals surface area (Å²) < 4.78 is 14.8. The molecule has 0 bridgehead atoms. The second-order valence-electron chi connectivity index (χ2n) is 6.10. The van der Waals surface area contributed by atoms with Crippen molar-refractivity contribution in [2.24, 2.45) is 0 Å². The third kappa shape index (κ3) is 2.69. The van der Waals surface area contributed by atoms with Gasteiger partial charge in [-0.3, -0.25) is 4.79 Å². The Morgan fingerprint density at radius 3 is 2.88 bits per heavy atom. The Labute approximate surface area is 142 Å². The molecule has 2 aromatic heterocycles. The Hall–Kier alpha value is -2.28. The third-order valence-corrected chi connectivity index (χ3v) is 5.44. The summed E-state index contributed by atoms with van der Waals surface area (Å²) >= 11 is 1.37. The maximum atomic E-state index is 13.1. The van der Waals surface area contributed by atoms with Crippen LogP contribution in [0.4, 0.5) is 4.39 Å². The van der Waals surface area contributed by atoms with E-state index in [0.717, 1.165) is 35.6 Å². The van der Waals surface area contributed by atoms with Crippen molar-refractivity contribution in [2.45, 2.75) is 25.7 Å². The van der Waals surface area contributed by atoms with E-state index in [-0.39, 0.29) is 17.6 Å². The van der Waals surface area contributed by atoms with E-state index in [1.54, 1.807) is 10.7 Å². The van der Waals surface area contributed by atoms with Gasteiger partial charge in [-0.25, -0.2) is 13.9 Å². The van der Waals surface area contributed by atoms with Crippen molar-refractivity contribution in [3.05, 3.63) is 52.7 Å². The Balaban J connectivity index is 1.54. The maximum absolute atomic E-state index is 13.1. The number of hydrogen-bond donors (Lipinski definition) is 0. The number of rotatable bonds is 2. The lowest BCUT2D eigenvalue weighted by atomic mass is 9.90. The van der Waals surface area contributed by atoms with Gasteiger partial charge >= 0.3 is 0 Å². The number of hydrogen-bond acceptors (Lipinski definition) is 4. The highest BCUT2D eigenvalue weighted by Crippen LogP contribution is 2.28. The van der Waals surface area contributed by atoms with Crippen molar-refractivity contribution in [3.8, 4) is 0 Å². The SMILES string of the molecule is Cc1ncc2sc(C(=O)N3CCCC(c4ccc(F)cc4)C3)nn12. The van der Waals surface area contributed by atoms with Crippen LogP contribution in [0.3, 0.4) is 0 Å². The van der Waals surface area contributed by atoms with E-state index in [4.69, 9.17) is 0 Å². The fourth-order valence-corrected chi connectivity index (χ4v) is 4.11. The topological polar surface area (TPSA) is 50.5 Å². The molecular weight excluding hydrogens is 327 g/mol. The number of aryl methyl sites for hydroxylation is 1. The van der Waals surface area contributed by atoms with Gasteiger partial charge in [0.15, 0.2) is 0 Å². The summed E-state index contributed by atoms with van der Waals surface area (Å²) in [5, 5.41) is 4.88. The number of carbonyl (C=O) groups excluding carboxylic acids is 1. The molecule has 3 aromatic rings. The number of halogens is 1. The van der Waals surface area contributed by atoms with Crippen molar-refractivity contribution < 1.29 is 9.18 Å². The first kappa shape index (κ1) is 15.3. The molecule has 1 fully saturated rings. The van der Waals surface area contributed by atoms with Crippen molar-refractivity contribution in [1.29, 1.82) is 0 Å². The average Bonchev–Trinajstić information content (AvgIpc) is 3.17. The van der Waals surface area contributed by atoms with Crippen LogP contribution in [0.25, 0.3) is 4.83 Å². The van der Waals surface area contributed by atoms with E-state index in [0.29, 0.717) is 11.6 Å². The Kier molecular flexibility index (Phi) is 3.80. The molecule has 3 heterocycles. The fourth-order valence-electron chi connectivity index (χ4n) is 3.21. The van der Waals surface area contributed by atoms with Crippen molar-refractivity contribution in [2.75, 3.05) is 13.1 Å². The van der Waals surface area contributed by atoms with Gasteiger partial charge in [-0.2, -0.15) is 0 Å². The van der Waals surface area contributed by atoms with Crippen molar-refractivity contribution >= 4 is 22.1 Å². The van der Waals surface area contributed by atoms with E-state index >= 15 is 0 Å².